The highest BCUT2D eigenvalue weighted by molar-refractivity contribution is 5.73. The fourth-order valence-electron chi connectivity index (χ4n) is 3.02. The Morgan fingerprint density at radius 1 is 1.29 bits per heavy atom. The second-order valence-electron chi connectivity index (χ2n) is 6.18. The number of carbonyl (C=O) groups is 1. The maximum Gasteiger partial charge on any atom is 0.373 e. The van der Waals surface area contributed by atoms with Gasteiger partial charge in [-0.25, -0.2) is 9.37 Å². The summed E-state index contributed by atoms with van der Waals surface area (Å²) in [5.41, 5.74) is -0.374. The second-order valence-corrected chi connectivity index (χ2v) is 6.18. The molecular formula is C18H19FN4O5. The molecule has 0 atom stereocenters. The first-order chi connectivity index (χ1) is 13.5. The summed E-state index contributed by atoms with van der Waals surface area (Å²) in [5.74, 6) is -0.815. The van der Waals surface area contributed by atoms with Gasteiger partial charge in [0.05, 0.1) is 17.4 Å². The van der Waals surface area contributed by atoms with Crippen molar-refractivity contribution in [3.63, 3.8) is 0 Å². The zero-order valence-electron chi connectivity index (χ0n) is 15.2. The Morgan fingerprint density at radius 3 is 2.57 bits per heavy atom. The number of esters is 1. The number of aromatic nitrogens is 2. The molecule has 0 bridgehead atoms. The Hall–Kier alpha value is -3.30. The summed E-state index contributed by atoms with van der Waals surface area (Å²) in [6, 6.07) is 5.07. The van der Waals surface area contributed by atoms with Crippen molar-refractivity contribution in [2.45, 2.75) is 19.8 Å². The van der Waals surface area contributed by atoms with Crippen molar-refractivity contribution in [1.82, 2.24) is 9.97 Å². The predicted molar refractivity (Wildman–Crippen MR) is 96.7 cm³/mol. The van der Waals surface area contributed by atoms with Crippen molar-refractivity contribution in [3.05, 3.63) is 46.5 Å². The van der Waals surface area contributed by atoms with Crippen molar-refractivity contribution in [2.75, 3.05) is 24.6 Å². The average molecular weight is 390 g/mol. The van der Waals surface area contributed by atoms with Gasteiger partial charge in [-0.1, -0.05) is 0 Å². The van der Waals surface area contributed by atoms with Gasteiger partial charge in [0, 0.05) is 13.1 Å². The van der Waals surface area contributed by atoms with Crippen LogP contribution < -0.4 is 9.64 Å². The molecule has 10 heteroatoms. The summed E-state index contributed by atoms with van der Waals surface area (Å²) < 4.78 is 23.6. The molecule has 0 spiro atoms. The molecule has 1 aromatic heterocycles. The quantitative estimate of drug-likeness (QED) is 0.421. The van der Waals surface area contributed by atoms with Crippen LogP contribution in [0.3, 0.4) is 0 Å². The predicted octanol–water partition coefficient (Wildman–Crippen LogP) is 3.10. The number of piperidine rings is 1. The summed E-state index contributed by atoms with van der Waals surface area (Å²) in [7, 11) is 0. The summed E-state index contributed by atoms with van der Waals surface area (Å²) in [5, 5.41) is 11.7. The monoisotopic (exact) mass is 390 g/mol. The van der Waals surface area contributed by atoms with E-state index in [1.54, 1.807) is 11.8 Å². The minimum Gasteiger partial charge on any atom is -0.466 e. The smallest absolute Gasteiger partial charge is 0.373 e. The summed E-state index contributed by atoms with van der Waals surface area (Å²) in [6.45, 7) is 2.90. The van der Waals surface area contributed by atoms with Crippen molar-refractivity contribution < 1.29 is 23.6 Å². The van der Waals surface area contributed by atoms with Crippen LogP contribution in [0.5, 0.6) is 11.6 Å². The van der Waals surface area contributed by atoms with Gasteiger partial charge in [-0.05, 0) is 44.0 Å². The van der Waals surface area contributed by atoms with Crippen molar-refractivity contribution in [3.8, 4) is 11.6 Å². The molecule has 0 amide bonds. The number of rotatable bonds is 6. The third-order valence-electron chi connectivity index (χ3n) is 4.39. The van der Waals surface area contributed by atoms with Gasteiger partial charge in [0.15, 0.2) is 0 Å². The summed E-state index contributed by atoms with van der Waals surface area (Å²) in [6.07, 6.45) is 2.20. The highest BCUT2D eigenvalue weighted by Crippen LogP contribution is 2.37. The van der Waals surface area contributed by atoms with E-state index in [-0.39, 0.29) is 35.0 Å². The largest absolute Gasteiger partial charge is 0.466 e. The second kappa shape index (κ2) is 8.59. The van der Waals surface area contributed by atoms with Gasteiger partial charge in [0.1, 0.15) is 17.9 Å². The molecule has 0 unspecified atom stereocenters. The van der Waals surface area contributed by atoms with Crippen LogP contribution in [0.4, 0.5) is 15.9 Å². The molecule has 0 N–H and O–H groups in total. The highest BCUT2D eigenvalue weighted by atomic mass is 19.1. The molecule has 9 nitrogen and oxygen atoms in total. The van der Waals surface area contributed by atoms with Gasteiger partial charge < -0.3 is 14.4 Å². The number of anilines is 1. The fraction of sp³-hybridized carbons (Fsp3) is 0.389. The van der Waals surface area contributed by atoms with Crippen molar-refractivity contribution in [1.29, 1.82) is 0 Å². The molecule has 0 aliphatic carbocycles. The molecule has 1 aliphatic heterocycles. The molecule has 2 aromatic rings. The van der Waals surface area contributed by atoms with Crippen molar-refractivity contribution >= 4 is 17.5 Å². The molecular weight excluding hydrogens is 371 g/mol. The van der Waals surface area contributed by atoms with Crippen LogP contribution in [0.1, 0.15) is 19.8 Å². The van der Waals surface area contributed by atoms with Crippen LogP contribution in [0.15, 0.2) is 30.6 Å². The first-order valence-corrected chi connectivity index (χ1v) is 8.84. The van der Waals surface area contributed by atoms with Gasteiger partial charge in [0.2, 0.25) is 5.82 Å². The zero-order chi connectivity index (χ0) is 20.1. The van der Waals surface area contributed by atoms with Gasteiger partial charge in [-0.15, -0.1) is 0 Å². The highest BCUT2D eigenvalue weighted by Gasteiger charge is 2.33. The van der Waals surface area contributed by atoms with Gasteiger partial charge in [-0.2, -0.15) is 4.98 Å². The van der Waals surface area contributed by atoms with Gasteiger partial charge in [-0.3, -0.25) is 14.9 Å². The lowest BCUT2D eigenvalue weighted by Crippen LogP contribution is -2.37. The number of halogens is 1. The third-order valence-corrected chi connectivity index (χ3v) is 4.39. The zero-order valence-corrected chi connectivity index (χ0v) is 15.2. The van der Waals surface area contributed by atoms with E-state index in [2.05, 4.69) is 9.97 Å². The number of hydrogen-bond donors (Lipinski definition) is 0. The lowest BCUT2D eigenvalue weighted by atomic mass is 9.97. The third kappa shape index (κ3) is 4.33. The van der Waals surface area contributed by atoms with Gasteiger partial charge in [0.25, 0.3) is 0 Å². The van der Waals surface area contributed by atoms with Crippen LogP contribution in [0.2, 0.25) is 0 Å². The normalized spacial score (nSPS) is 14.6. The van der Waals surface area contributed by atoms with Crippen LogP contribution in [-0.4, -0.2) is 40.6 Å². The topological polar surface area (TPSA) is 108 Å². The summed E-state index contributed by atoms with van der Waals surface area (Å²) >= 11 is 0. The number of ether oxygens (including phenoxy) is 2. The number of nitro groups is 1. The lowest BCUT2D eigenvalue weighted by Gasteiger charge is -2.31. The van der Waals surface area contributed by atoms with E-state index in [1.165, 1.54) is 30.6 Å². The maximum atomic E-state index is 13.0. The number of hydrogen-bond acceptors (Lipinski definition) is 8. The molecule has 0 radical (unpaired) electrons. The fourth-order valence-corrected chi connectivity index (χ4v) is 3.02. The lowest BCUT2D eigenvalue weighted by molar-refractivity contribution is -0.385. The minimum absolute atomic E-state index is 0.124. The SMILES string of the molecule is CCOC(=O)C1CCN(c2ncnc(Oc3ccc(F)cc3)c2[N+](=O)[O-])CC1. The van der Waals surface area contributed by atoms with E-state index in [4.69, 9.17) is 9.47 Å². The van der Waals surface area contributed by atoms with Crippen molar-refractivity contribution in [2.24, 2.45) is 5.92 Å². The van der Waals surface area contributed by atoms with E-state index in [9.17, 15) is 19.3 Å². The van der Waals surface area contributed by atoms with E-state index >= 15 is 0 Å². The average Bonchev–Trinajstić information content (AvgIpc) is 2.69. The Bertz CT molecular complexity index is 854. The summed E-state index contributed by atoms with van der Waals surface area (Å²) in [4.78, 5) is 32.6. The molecule has 3 rings (SSSR count). The van der Waals surface area contributed by atoms with E-state index in [0.29, 0.717) is 32.5 Å². The first kappa shape index (κ1) is 19.5. The molecule has 1 fully saturated rings. The molecule has 148 valence electrons. The number of benzene rings is 1. The molecule has 1 aliphatic rings. The van der Waals surface area contributed by atoms with Crippen LogP contribution >= 0.6 is 0 Å². The number of nitrogens with zero attached hydrogens (tertiary/aromatic N) is 4. The molecule has 0 saturated carbocycles. The molecule has 1 saturated heterocycles. The van der Waals surface area contributed by atoms with E-state index < -0.39 is 10.7 Å². The molecule has 28 heavy (non-hydrogen) atoms. The Balaban J connectivity index is 1.81. The van der Waals surface area contributed by atoms with Crippen LogP contribution in [-0.2, 0) is 9.53 Å². The van der Waals surface area contributed by atoms with Crippen LogP contribution in [0.25, 0.3) is 0 Å². The van der Waals surface area contributed by atoms with E-state index in [1.807, 2.05) is 0 Å². The standard InChI is InChI=1S/C18H19FN4O5/c1-2-27-18(24)12-7-9-22(10-8-12)16-15(23(25)26)17(21-11-20-16)28-14-5-3-13(19)4-6-14/h3-6,11-12H,2,7-10H2,1H3. The van der Waals surface area contributed by atoms with E-state index in [0.717, 1.165) is 0 Å². The minimum atomic E-state index is -0.606. The Kier molecular flexibility index (Phi) is 5.97. The first-order valence-electron chi connectivity index (χ1n) is 8.84. The molecule has 1 aromatic carbocycles. The number of carbonyl (C=O) groups excluding carboxylic acids is 1. The Labute approximate surface area is 160 Å². The van der Waals surface area contributed by atoms with Gasteiger partial charge >= 0.3 is 17.5 Å². The Morgan fingerprint density at radius 2 is 1.96 bits per heavy atom. The van der Waals surface area contributed by atoms with Crippen LogP contribution in [0, 0.1) is 21.8 Å². The maximum absolute atomic E-state index is 13.0. The molecule has 2 heterocycles.